The van der Waals surface area contributed by atoms with E-state index in [1.165, 1.54) is 12.0 Å². The third-order valence-corrected chi connectivity index (χ3v) is 7.21. The van der Waals surface area contributed by atoms with E-state index in [0.29, 0.717) is 29.5 Å². The maximum Gasteiger partial charge on any atom is 0.234 e. The second-order valence-electron chi connectivity index (χ2n) is 8.84. The molecule has 1 atom stereocenters. The highest BCUT2D eigenvalue weighted by Crippen LogP contribution is 2.35. The van der Waals surface area contributed by atoms with Crippen molar-refractivity contribution >= 4 is 40.7 Å². The Kier molecular flexibility index (Phi) is 7.88. The zero-order chi connectivity index (χ0) is 23.3. The number of thiocarbonyl (C=S) groups is 1. The molecule has 2 saturated heterocycles. The highest BCUT2D eigenvalue weighted by atomic mass is 35.5. The van der Waals surface area contributed by atoms with Crippen molar-refractivity contribution in [2.24, 2.45) is 0 Å². The van der Waals surface area contributed by atoms with Crippen LogP contribution in [-0.2, 0) is 10.2 Å². The predicted octanol–water partition coefficient (Wildman–Crippen LogP) is 4.55. The lowest BCUT2D eigenvalue weighted by molar-refractivity contribution is 0.0515. The molecule has 0 saturated carbocycles. The van der Waals surface area contributed by atoms with E-state index in [0.717, 1.165) is 56.3 Å². The lowest BCUT2D eigenvalue weighted by Crippen LogP contribution is -2.45. The number of hydrogen-bond acceptors (Lipinski definition) is 6. The third kappa shape index (κ3) is 5.86. The van der Waals surface area contributed by atoms with Crippen LogP contribution in [0.15, 0.2) is 30.3 Å². The second-order valence-corrected chi connectivity index (χ2v) is 9.68. The summed E-state index contributed by atoms with van der Waals surface area (Å²) in [7, 11) is 1.62. The van der Waals surface area contributed by atoms with Gasteiger partial charge in [-0.2, -0.15) is 9.97 Å². The molecule has 7 nitrogen and oxygen atoms in total. The molecule has 2 aromatic rings. The summed E-state index contributed by atoms with van der Waals surface area (Å²) in [6, 6.07) is 10.4. The molecule has 0 spiro atoms. The maximum absolute atomic E-state index is 6.12. The van der Waals surface area contributed by atoms with Crippen molar-refractivity contribution in [3.8, 4) is 5.88 Å². The summed E-state index contributed by atoms with van der Waals surface area (Å²) in [5, 5.41) is 7.79. The van der Waals surface area contributed by atoms with Gasteiger partial charge in [-0.05, 0) is 68.9 Å². The number of methoxy groups -OCH3 is 1. The first kappa shape index (κ1) is 24.0. The monoisotopic (exact) mass is 489 g/mol. The third-order valence-electron chi connectivity index (χ3n) is 6.71. The minimum Gasteiger partial charge on any atom is -0.481 e. The molecular weight excluding hydrogens is 458 g/mol. The number of nitrogens with one attached hydrogen (secondary N) is 2. The van der Waals surface area contributed by atoms with E-state index < -0.39 is 0 Å². The van der Waals surface area contributed by atoms with Crippen LogP contribution in [0.5, 0.6) is 5.88 Å². The zero-order valence-electron chi connectivity index (χ0n) is 19.3. The van der Waals surface area contributed by atoms with Crippen LogP contribution in [0.4, 0.5) is 11.8 Å². The summed E-state index contributed by atoms with van der Waals surface area (Å²) < 4.78 is 11.1. The van der Waals surface area contributed by atoms with Crippen molar-refractivity contribution in [3.05, 3.63) is 40.9 Å². The summed E-state index contributed by atoms with van der Waals surface area (Å²) in [4.78, 5) is 11.5. The fourth-order valence-electron chi connectivity index (χ4n) is 4.69. The number of piperidine rings is 1. The van der Waals surface area contributed by atoms with Crippen molar-refractivity contribution in [1.82, 2.24) is 15.3 Å². The number of halogens is 1. The molecule has 0 bridgehead atoms. The van der Waals surface area contributed by atoms with E-state index in [9.17, 15) is 0 Å². The number of nitrogens with zero attached hydrogens (tertiary/aromatic N) is 3. The van der Waals surface area contributed by atoms with Crippen molar-refractivity contribution in [2.45, 2.75) is 50.5 Å². The Hall–Kier alpha value is -2.16. The molecule has 3 heterocycles. The number of ether oxygens (including phenoxy) is 2. The molecule has 33 heavy (non-hydrogen) atoms. The minimum absolute atomic E-state index is 0.0712. The largest absolute Gasteiger partial charge is 0.481 e. The number of aromatic nitrogens is 2. The molecule has 0 radical (unpaired) electrons. The van der Waals surface area contributed by atoms with Crippen LogP contribution in [0.2, 0.25) is 5.02 Å². The van der Waals surface area contributed by atoms with Gasteiger partial charge in [-0.25, -0.2) is 0 Å². The van der Waals surface area contributed by atoms with Gasteiger partial charge in [-0.3, -0.25) is 0 Å². The van der Waals surface area contributed by atoms with Crippen molar-refractivity contribution in [1.29, 1.82) is 0 Å². The highest BCUT2D eigenvalue weighted by molar-refractivity contribution is 7.80. The summed E-state index contributed by atoms with van der Waals surface area (Å²) >= 11 is 11.7. The van der Waals surface area contributed by atoms with Gasteiger partial charge in [0.1, 0.15) is 5.82 Å². The van der Waals surface area contributed by atoms with Gasteiger partial charge < -0.3 is 25.0 Å². The van der Waals surface area contributed by atoms with Crippen LogP contribution in [-0.4, -0.2) is 54.5 Å². The average molecular weight is 490 g/mol. The Morgan fingerprint density at radius 1 is 1.24 bits per heavy atom. The molecule has 2 aliphatic heterocycles. The van der Waals surface area contributed by atoms with Gasteiger partial charge in [-0.1, -0.05) is 23.7 Å². The van der Waals surface area contributed by atoms with Gasteiger partial charge in [0, 0.05) is 48.8 Å². The average Bonchev–Trinajstić information content (AvgIpc) is 2.84. The molecule has 0 aliphatic carbocycles. The molecule has 178 valence electrons. The molecule has 4 rings (SSSR count). The second kappa shape index (κ2) is 10.8. The molecule has 2 aliphatic rings. The van der Waals surface area contributed by atoms with Crippen LogP contribution in [0.25, 0.3) is 0 Å². The van der Waals surface area contributed by atoms with Crippen LogP contribution < -0.4 is 20.3 Å². The standard InChI is InChI=1S/C24H32ClN5O2S/c1-17-5-3-4-12-30(17)20-15-21(31-2)28-22(27-20)29-23(33)26-16-24(10-13-32-14-11-24)18-6-8-19(25)9-7-18/h6-9,15,17H,3-5,10-14,16H2,1-2H3,(H2,26,27,28,29,33). The maximum atomic E-state index is 6.12. The fraction of sp³-hybridized carbons (Fsp3) is 0.542. The van der Waals surface area contributed by atoms with E-state index in [1.807, 2.05) is 18.2 Å². The lowest BCUT2D eigenvalue weighted by Gasteiger charge is -2.38. The van der Waals surface area contributed by atoms with Crippen molar-refractivity contribution in [2.75, 3.05) is 43.6 Å². The Balaban J connectivity index is 1.46. The van der Waals surface area contributed by atoms with Crippen LogP contribution in [0, 0.1) is 0 Å². The number of rotatable bonds is 6. The number of anilines is 2. The summed E-state index contributed by atoms with van der Waals surface area (Å²) in [5.74, 6) is 1.82. The fourth-order valence-corrected chi connectivity index (χ4v) is 4.98. The first-order valence-corrected chi connectivity index (χ1v) is 12.4. The molecule has 1 aromatic carbocycles. The van der Waals surface area contributed by atoms with Gasteiger partial charge in [-0.15, -0.1) is 0 Å². The molecule has 0 amide bonds. The van der Waals surface area contributed by atoms with Crippen LogP contribution >= 0.6 is 23.8 Å². The van der Waals surface area contributed by atoms with Crippen LogP contribution in [0.3, 0.4) is 0 Å². The van der Waals surface area contributed by atoms with E-state index in [1.54, 1.807) is 7.11 Å². The Bertz CT molecular complexity index is 952. The molecule has 9 heteroatoms. The first-order chi connectivity index (χ1) is 16.0. The Morgan fingerprint density at radius 3 is 2.70 bits per heavy atom. The van der Waals surface area contributed by atoms with Gasteiger partial charge >= 0.3 is 0 Å². The Labute approximate surface area is 206 Å². The van der Waals surface area contributed by atoms with Crippen molar-refractivity contribution < 1.29 is 9.47 Å². The predicted molar refractivity (Wildman–Crippen MR) is 137 cm³/mol. The summed E-state index contributed by atoms with van der Waals surface area (Å²) in [5.41, 5.74) is 1.17. The number of benzene rings is 1. The summed E-state index contributed by atoms with van der Waals surface area (Å²) in [6.45, 7) is 5.35. The minimum atomic E-state index is -0.0712. The Morgan fingerprint density at radius 2 is 2.00 bits per heavy atom. The van der Waals surface area contributed by atoms with E-state index in [4.69, 9.17) is 38.3 Å². The molecule has 2 N–H and O–H groups in total. The van der Waals surface area contributed by atoms with E-state index >= 15 is 0 Å². The van der Waals surface area contributed by atoms with E-state index in [-0.39, 0.29) is 5.41 Å². The van der Waals surface area contributed by atoms with Gasteiger partial charge in [0.25, 0.3) is 0 Å². The zero-order valence-corrected chi connectivity index (χ0v) is 20.8. The molecule has 1 aromatic heterocycles. The van der Waals surface area contributed by atoms with Gasteiger partial charge in [0.2, 0.25) is 11.8 Å². The first-order valence-electron chi connectivity index (χ1n) is 11.6. The van der Waals surface area contributed by atoms with Crippen molar-refractivity contribution in [3.63, 3.8) is 0 Å². The molecule has 2 fully saturated rings. The van der Waals surface area contributed by atoms with Crippen LogP contribution in [0.1, 0.15) is 44.6 Å². The molecular formula is C24H32ClN5O2S. The quantitative estimate of drug-likeness (QED) is 0.572. The normalized spacial score (nSPS) is 20.2. The highest BCUT2D eigenvalue weighted by Gasteiger charge is 2.34. The SMILES string of the molecule is COc1cc(N2CCCCC2C)nc(NC(=S)NCC2(c3ccc(Cl)cc3)CCOCC2)n1. The van der Waals surface area contributed by atoms with Gasteiger partial charge in [0.15, 0.2) is 5.11 Å². The lowest BCUT2D eigenvalue weighted by atomic mass is 9.74. The summed E-state index contributed by atoms with van der Waals surface area (Å²) in [6.07, 6.45) is 5.40. The topological polar surface area (TPSA) is 71.5 Å². The smallest absolute Gasteiger partial charge is 0.234 e. The van der Waals surface area contributed by atoms with E-state index in [2.05, 4.69) is 39.6 Å². The molecule has 1 unspecified atom stereocenters. The number of hydrogen-bond donors (Lipinski definition) is 2. The van der Waals surface area contributed by atoms with Gasteiger partial charge in [0.05, 0.1) is 7.11 Å².